The van der Waals surface area contributed by atoms with Crippen molar-refractivity contribution in [2.45, 2.75) is 24.8 Å². The number of benzene rings is 1. The van der Waals surface area contributed by atoms with Crippen molar-refractivity contribution in [1.82, 2.24) is 4.72 Å². The number of para-hydroxylation sites is 1. The van der Waals surface area contributed by atoms with Gasteiger partial charge in [0, 0.05) is 6.04 Å². The molecule has 0 saturated carbocycles. The zero-order valence-electron chi connectivity index (χ0n) is 8.69. The molecule has 6 heteroatoms. The molecular formula is C9H15N3O2S. The van der Waals surface area contributed by atoms with E-state index >= 15 is 0 Å². The van der Waals surface area contributed by atoms with Crippen molar-refractivity contribution in [3.63, 3.8) is 0 Å². The molecule has 15 heavy (non-hydrogen) atoms. The molecule has 0 amide bonds. The van der Waals surface area contributed by atoms with Crippen molar-refractivity contribution in [3.8, 4) is 0 Å². The molecule has 1 aromatic carbocycles. The van der Waals surface area contributed by atoms with E-state index in [1.807, 2.05) is 0 Å². The minimum atomic E-state index is -3.57. The molecule has 0 aliphatic carbocycles. The molecule has 0 fully saturated rings. The minimum Gasteiger partial charge on any atom is -0.397 e. The first-order valence-corrected chi connectivity index (χ1v) is 5.99. The SMILES string of the molecule is CC(C)NS(=O)(=O)c1cccc(N)c1N. The highest BCUT2D eigenvalue weighted by Gasteiger charge is 2.19. The highest BCUT2D eigenvalue weighted by Crippen LogP contribution is 2.23. The van der Waals surface area contributed by atoms with Crippen LogP contribution in [-0.2, 0) is 10.0 Å². The third kappa shape index (κ3) is 2.60. The monoisotopic (exact) mass is 229 g/mol. The summed E-state index contributed by atoms with van der Waals surface area (Å²) >= 11 is 0. The van der Waals surface area contributed by atoms with Gasteiger partial charge in [-0.25, -0.2) is 13.1 Å². The molecule has 0 saturated heterocycles. The van der Waals surface area contributed by atoms with Crippen LogP contribution in [0, 0.1) is 0 Å². The predicted octanol–water partition coefficient (Wildman–Crippen LogP) is 0.538. The molecule has 0 bridgehead atoms. The fourth-order valence-corrected chi connectivity index (χ4v) is 2.58. The van der Waals surface area contributed by atoms with Crippen molar-refractivity contribution in [2.24, 2.45) is 0 Å². The Kier molecular flexibility index (Phi) is 3.21. The van der Waals surface area contributed by atoms with Gasteiger partial charge in [-0.1, -0.05) is 6.07 Å². The summed E-state index contributed by atoms with van der Waals surface area (Å²) in [5.74, 6) is 0. The summed E-state index contributed by atoms with van der Waals surface area (Å²) in [6.45, 7) is 3.47. The van der Waals surface area contributed by atoms with Gasteiger partial charge < -0.3 is 11.5 Å². The lowest BCUT2D eigenvalue weighted by molar-refractivity contribution is 0.570. The van der Waals surface area contributed by atoms with Gasteiger partial charge in [0.25, 0.3) is 0 Å². The van der Waals surface area contributed by atoms with E-state index in [4.69, 9.17) is 11.5 Å². The lowest BCUT2D eigenvalue weighted by Crippen LogP contribution is -2.30. The number of hydrogen-bond acceptors (Lipinski definition) is 4. The van der Waals surface area contributed by atoms with Crippen LogP contribution in [0.5, 0.6) is 0 Å². The molecule has 0 heterocycles. The van der Waals surface area contributed by atoms with Crippen LogP contribution in [0.25, 0.3) is 0 Å². The number of sulfonamides is 1. The Labute approximate surface area is 89.5 Å². The molecule has 0 atom stereocenters. The number of hydrogen-bond donors (Lipinski definition) is 3. The highest BCUT2D eigenvalue weighted by molar-refractivity contribution is 7.89. The summed E-state index contributed by atoms with van der Waals surface area (Å²) < 4.78 is 26.0. The van der Waals surface area contributed by atoms with E-state index in [2.05, 4.69) is 4.72 Å². The molecular weight excluding hydrogens is 214 g/mol. The molecule has 0 radical (unpaired) electrons. The minimum absolute atomic E-state index is 0.0243. The first-order chi connectivity index (χ1) is 6.84. The molecule has 5 N–H and O–H groups in total. The topological polar surface area (TPSA) is 98.2 Å². The standard InChI is InChI=1S/C9H15N3O2S/c1-6(2)12-15(13,14)8-5-3-4-7(10)9(8)11/h3-6,12H,10-11H2,1-2H3. The number of nitrogens with one attached hydrogen (secondary N) is 1. The third-order valence-corrected chi connectivity index (χ3v) is 3.50. The third-order valence-electron chi connectivity index (χ3n) is 1.78. The van der Waals surface area contributed by atoms with Crippen LogP contribution < -0.4 is 16.2 Å². The van der Waals surface area contributed by atoms with Crippen LogP contribution in [0.2, 0.25) is 0 Å². The van der Waals surface area contributed by atoms with Crippen LogP contribution in [0.3, 0.4) is 0 Å². The normalized spacial score (nSPS) is 11.9. The Morgan fingerprint density at radius 2 is 1.87 bits per heavy atom. The quantitative estimate of drug-likeness (QED) is 0.659. The Morgan fingerprint density at radius 1 is 1.27 bits per heavy atom. The average molecular weight is 229 g/mol. The van der Waals surface area contributed by atoms with Gasteiger partial charge >= 0.3 is 0 Å². The molecule has 0 unspecified atom stereocenters. The second kappa shape index (κ2) is 4.08. The summed E-state index contributed by atoms with van der Waals surface area (Å²) in [5, 5.41) is 0. The number of rotatable bonds is 3. The maximum Gasteiger partial charge on any atom is 0.242 e. The van der Waals surface area contributed by atoms with Gasteiger partial charge in [-0.15, -0.1) is 0 Å². The van der Waals surface area contributed by atoms with Gasteiger partial charge in [0.1, 0.15) is 4.90 Å². The second-order valence-electron chi connectivity index (χ2n) is 3.54. The van der Waals surface area contributed by atoms with Crippen LogP contribution in [-0.4, -0.2) is 14.5 Å². The van der Waals surface area contributed by atoms with Crippen molar-refractivity contribution >= 4 is 21.4 Å². The first kappa shape index (κ1) is 11.8. The zero-order chi connectivity index (χ0) is 11.6. The van der Waals surface area contributed by atoms with E-state index < -0.39 is 10.0 Å². The van der Waals surface area contributed by atoms with Crippen LogP contribution in [0.15, 0.2) is 23.1 Å². The largest absolute Gasteiger partial charge is 0.397 e. The van der Waals surface area contributed by atoms with Gasteiger partial charge in [0.2, 0.25) is 10.0 Å². The van der Waals surface area contributed by atoms with E-state index in [9.17, 15) is 8.42 Å². The number of nitrogens with two attached hydrogens (primary N) is 2. The van der Waals surface area contributed by atoms with Crippen molar-refractivity contribution in [3.05, 3.63) is 18.2 Å². The van der Waals surface area contributed by atoms with Gasteiger partial charge in [0.15, 0.2) is 0 Å². The predicted molar refractivity (Wildman–Crippen MR) is 60.7 cm³/mol. The molecule has 0 aliphatic rings. The maximum absolute atomic E-state index is 11.8. The van der Waals surface area contributed by atoms with Crippen molar-refractivity contribution in [2.75, 3.05) is 11.5 Å². The van der Waals surface area contributed by atoms with E-state index in [0.717, 1.165) is 0 Å². The van der Waals surface area contributed by atoms with Crippen LogP contribution in [0.4, 0.5) is 11.4 Å². The van der Waals surface area contributed by atoms with E-state index in [1.54, 1.807) is 26.0 Å². The van der Waals surface area contributed by atoms with Crippen molar-refractivity contribution < 1.29 is 8.42 Å². The van der Waals surface area contributed by atoms with Gasteiger partial charge in [0.05, 0.1) is 11.4 Å². The number of anilines is 2. The van der Waals surface area contributed by atoms with Crippen molar-refractivity contribution in [1.29, 1.82) is 0 Å². The molecule has 0 spiro atoms. The Bertz CT molecular complexity index is 454. The van der Waals surface area contributed by atoms with Gasteiger partial charge in [-0.05, 0) is 26.0 Å². The summed E-state index contributed by atoms with van der Waals surface area (Å²) in [5.41, 5.74) is 11.5. The second-order valence-corrected chi connectivity index (χ2v) is 5.22. The molecule has 0 aromatic heterocycles. The maximum atomic E-state index is 11.8. The molecule has 84 valence electrons. The summed E-state index contributed by atoms with van der Waals surface area (Å²) in [6, 6.07) is 4.36. The fourth-order valence-electron chi connectivity index (χ4n) is 1.17. The Balaban J connectivity index is 3.22. The smallest absolute Gasteiger partial charge is 0.242 e. The van der Waals surface area contributed by atoms with Gasteiger partial charge in [-0.2, -0.15) is 0 Å². The molecule has 0 aliphatic heterocycles. The first-order valence-electron chi connectivity index (χ1n) is 4.51. The van der Waals surface area contributed by atoms with E-state index in [1.165, 1.54) is 6.07 Å². The zero-order valence-corrected chi connectivity index (χ0v) is 9.51. The van der Waals surface area contributed by atoms with Crippen LogP contribution >= 0.6 is 0 Å². The fraction of sp³-hybridized carbons (Fsp3) is 0.333. The lowest BCUT2D eigenvalue weighted by atomic mass is 10.3. The lowest BCUT2D eigenvalue weighted by Gasteiger charge is -2.12. The highest BCUT2D eigenvalue weighted by atomic mass is 32.2. The summed E-state index contributed by atoms with van der Waals surface area (Å²) in [6.07, 6.45) is 0. The average Bonchev–Trinajstić information content (AvgIpc) is 2.07. The summed E-state index contributed by atoms with van der Waals surface area (Å²) in [4.78, 5) is 0.0243. The molecule has 1 aromatic rings. The summed E-state index contributed by atoms with van der Waals surface area (Å²) in [7, 11) is -3.57. The Hall–Kier alpha value is -1.27. The molecule has 5 nitrogen and oxygen atoms in total. The van der Waals surface area contributed by atoms with Crippen LogP contribution in [0.1, 0.15) is 13.8 Å². The van der Waals surface area contributed by atoms with E-state index in [-0.39, 0.29) is 22.3 Å². The molecule has 1 rings (SSSR count). The van der Waals surface area contributed by atoms with Gasteiger partial charge in [-0.3, -0.25) is 0 Å². The van der Waals surface area contributed by atoms with E-state index in [0.29, 0.717) is 0 Å². The Morgan fingerprint density at radius 3 is 2.40 bits per heavy atom. The number of nitrogen functional groups attached to an aromatic ring is 2.